The van der Waals surface area contributed by atoms with Crippen molar-refractivity contribution in [3.05, 3.63) is 218 Å². The zero-order chi connectivity index (χ0) is 76.4. The summed E-state index contributed by atoms with van der Waals surface area (Å²) in [5.74, 6) is -0.842. The van der Waals surface area contributed by atoms with Gasteiger partial charge >= 0.3 is 5.97 Å². The Labute approximate surface area is 638 Å². The maximum Gasteiger partial charge on any atom is 0.338 e. The number of ether oxygens (including phenoxy) is 8. The summed E-state index contributed by atoms with van der Waals surface area (Å²) in [6.45, 7) is 30.3. The number of hydrogen-bond acceptors (Lipinski definition) is 15. The molecule has 0 saturated carbocycles. The number of ketones is 2. The Bertz CT molecular complexity index is 3990. The molecule has 0 spiro atoms. The molecule has 17 atom stereocenters. The average molecular weight is 1510 g/mol. The van der Waals surface area contributed by atoms with Gasteiger partial charge in [0.1, 0.15) is 41.6 Å². The fraction of sp³-hybridized carbons (Fsp3) is 0.506. The van der Waals surface area contributed by atoms with Crippen molar-refractivity contribution < 1.29 is 69.5 Å². The number of hydrogen-bond donors (Lipinski definition) is 0. The molecule has 0 aliphatic carbocycles. The Morgan fingerprint density at radius 1 is 0.579 bits per heavy atom. The van der Waals surface area contributed by atoms with E-state index in [9.17, 15) is 4.79 Å². The minimum atomic E-state index is -4.38. The quantitative estimate of drug-likeness (QED) is 0.0125. The van der Waals surface area contributed by atoms with Crippen LogP contribution in [-0.2, 0) is 66.2 Å². The van der Waals surface area contributed by atoms with E-state index in [1.165, 1.54) is 0 Å². The molecule has 3 unspecified atom stereocenters. The minimum Gasteiger partial charge on any atom is -0.462 e. The van der Waals surface area contributed by atoms with Crippen LogP contribution in [0.4, 0.5) is 0 Å². The largest absolute Gasteiger partial charge is 0.462 e. The van der Waals surface area contributed by atoms with Gasteiger partial charge in [-0.15, -0.1) is 5.73 Å². The molecule has 11 rings (SSSR count). The Hall–Kier alpha value is -6.59. The Kier molecular flexibility index (Phi) is 27.1. The van der Waals surface area contributed by atoms with Crippen LogP contribution in [0.3, 0.4) is 0 Å². The first-order valence-electron chi connectivity index (χ1n) is 38.7. The summed E-state index contributed by atoms with van der Waals surface area (Å²) >= 11 is 0. The van der Waals surface area contributed by atoms with E-state index in [0.29, 0.717) is 50.0 Å². The van der Waals surface area contributed by atoms with Crippen LogP contribution in [0.5, 0.6) is 0 Å². The highest BCUT2D eigenvalue weighted by atomic mass is 32.2. The van der Waals surface area contributed by atoms with Crippen molar-refractivity contribution in [1.82, 2.24) is 0 Å². The van der Waals surface area contributed by atoms with Gasteiger partial charge in [-0.2, -0.15) is 0 Å². The number of esters is 1. The molecule has 6 aromatic rings. The highest BCUT2D eigenvalue weighted by Gasteiger charge is 2.65. The summed E-state index contributed by atoms with van der Waals surface area (Å²) in [5, 5.41) is 1.41. The van der Waals surface area contributed by atoms with Gasteiger partial charge in [0.25, 0.3) is 16.6 Å². The smallest absolute Gasteiger partial charge is 0.338 e. The summed E-state index contributed by atoms with van der Waals surface area (Å²) in [6.07, 6.45) is -4.28. The fourth-order valence-electron chi connectivity index (χ4n) is 17.7. The van der Waals surface area contributed by atoms with E-state index in [0.717, 1.165) is 44.7 Å². The van der Waals surface area contributed by atoms with Gasteiger partial charge < -0.3 is 46.7 Å². The highest BCUT2D eigenvalue weighted by Crippen LogP contribution is 2.50. The van der Waals surface area contributed by atoms with Crippen LogP contribution in [0.2, 0.25) is 10.1 Å². The summed E-state index contributed by atoms with van der Waals surface area (Å²) < 4.78 is 102. The summed E-state index contributed by atoms with van der Waals surface area (Å²) in [6, 6.07) is 58.8. The molecule has 574 valence electrons. The Morgan fingerprint density at radius 2 is 1.09 bits per heavy atom. The lowest BCUT2D eigenvalue weighted by atomic mass is 9.80. The molecule has 5 saturated heterocycles. The lowest BCUT2D eigenvalue weighted by Crippen LogP contribution is -2.73. The van der Waals surface area contributed by atoms with Gasteiger partial charge in [0.15, 0.2) is 21.9 Å². The number of sulfone groups is 1. The third-order valence-electron chi connectivity index (χ3n) is 23.2. The van der Waals surface area contributed by atoms with Crippen LogP contribution < -0.4 is 20.7 Å². The monoisotopic (exact) mass is 1510 g/mol. The standard InChI is InChI=1S/C89H114O15SSi2/c1-15-59(2)50-60(3)46-48-75-62(5)52-67(98-75)55-80(105(93,94)68-36-24-17-25-37-68)74(91)56-79-83(103-106(88(7,8)9,69-38-26-18-27-39-69)70-40-28-19-29-41-70)84-85(102-79)86(104-107(89(10,11)12,71-42-30-20-31-43-71)72-44-32-21-33-45-72)82-76(101-84)49-47-66(99-82)53-65(90)54-73-63(6)77(100-78(73)57-81(95-13)96-14)51-61(4)58-97-87(92)64-34-22-16-23-35-64/h16-45,60-61,63,66-67,73,75-86H,1,5,46-58H2,2-4,6-14H3/t60-,61-,63+,66+,67?,73?,75-,76-,77+,78-,79+,80?,82-,83-,84-,85+,86-/m0/s1. The van der Waals surface area contributed by atoms with E-state index in [-0.39, 0.29) is 85.0 Å². The number of Topliss-reactive ketones (excluding diaryl/α,β-unsaturated/α-hetero) is 2. The molecule has 5 aliphatic rings. The Balaban J connectivity index is 0.973. The van der Waals surface area contributed by atoms with E-state index in [2.05, 4.69) is 147 Å². The molecule has 6 aromatic carbocycles. The van der Waals surface area contributed by atoms with E-state index in [1.807, 2.05) is 80.6 Å². The molecule has 18 heteroatoms. The SMILES string of the molecule is C=C=C(C)C[C@@H](C)CC[C@@H]1OC(CC(C(=O)C[C@H]2O[C@H]3[C@@H](O[Si](c4ccccc4)(c4ccccc4)C(C)(C)C)[C@H]4O[C@@H](CC(=O)CC5[C@H](CC(OC)OC)O[C@H](C[C@H](C)COC(=O)c6ccccc6)[C@@H]5C)CC[C@@H]4O[C@H]3[C@H]2O[Si](c2ccccc2)(c2ccccc2)C(C)(C)C)S(=O)(=O)c2ccccc2)CC1=C. The summed E-state index contributed by atoms with van der Waals surface area (Å²) in [5.41, 5.74) is 5.48. The minimum absolute atomic E-state index is 0.0220. The summed E-state index contributed by atoms with van der Waals surface area (Å²) in [4.78, 5) is 44.6. The lowest BCUT2D eigenvalue weighted by molar-refractivity contribution is -0.254. The van der Waals surface area contributed by atoms with Crippen molar-refractivity contribution in [3.63, 3.8) is 0 Å². The molecule has 0 N–H and O–H groups in total. The van der Waals surface area contributed by atoms with Crippen LogP contribution in [0.15, 0.2) is 217 Å². The molecule has 5 fully saturated rings. The van der Waals surface area contributed by atoms with Gasteiger partial charge in [-0.05, 0) is 148 Å². The number of rotatable bonds is 33. The van der Waals surface area contributed by atoms with Crippen LogP contribution in [0, 0.1) is 23.7 Å². The van der Waals surface area contributed by atoms with Crippen LogP contribution >= 0.6 is 0 Å². The average Bonchev–Trinajstić information content (AvgIpc) is 1.71. The van der Waals surface area contributed by atoms with Crippen LogP contribution in [0.25, 0.3) is 0 Å². The zero-order valence-electron chi connectivity index (χ0n) is 64.9. The van der Waals surface area contributed by atoms with Crippen LogP contribution in [-0.4, -0.2) is 148 Å². The van der Waals surface area contributed by atoms with Gasteiger partial charge in [0, 0.05) is 39.9 Å². The molecule has 15 nitrogen and oxygen atoms in total. The number of benzene rings is 6. The van der Waals surface area contributed by atoms with Crippen molar-refractivity contribution in [2.45, 2.75) is 246 Å². The Morgan fingerprint density at radius 3 is 1.62 bits per heavy atom. The van der Waals surface area contributed by atoms with E-state index in [1.54, 1.807) is 56.7 Å². The number of allylic oxidation sites excluding steroid dienone is 1. The van der Waals surface area contributed by atoms with Gasteiger partial charge in [0.05, 0.1) is 59.8 Å². The van der Waals surface area contributed by atoms with Gasteiger partial charge in [0.2, 0.25) is 0 Å². The molecule has 0 radical (unpaired) electrons. The molecule has 107 heavy (non-hydrogen) atoms. The molecule has 5 heterocycles. The lowest BCUT2D eigenvalue weighted by Gasteiger charge is -2.53. The molecule has 0 bridgehead atoms. The summed E-state index contributed by atoms with van der Waals surface area (Å²) in [7, 11) is -8.33. The maximum atomic E-state index is 16.3. The third-order valence-corrected chi connectivity index (χ3v) is 35.4. The van der Waals surface area contributed by atoms with Gasteiger partial charge in [-0.25, -0.2) is 13.2 Å². The number of methoxy groups -OCH3 is 2. The van der Waals surface area contributed by atoms with Crippen molar-refractivity contribution in [3.8, 4) is 0 Å². The topological polar surface area (TPSA) is 178 Å². The number of fused-ring (bicyclic) bond motifs is 2. The number of carbonyl (C=O) groups excluding carboxylic acids is 3. The normalized spacial score (nSPS) is 26.3. The zero-order valence-corrected chi connectivity index (χ0v) is 67.7. The molecular formula is C89H114O15SSi2. The van der Waals surface area contributed by atoms with Crippen LogP contribution in [0.1, 0.15) is 157 Å². The van der Waals surface area contributed by atoms with Gasteiger partial charge in [-0.1, -0.05) is 233 Å². The molecule has 0 amide bonds. The second-order valence-electron chi connectivity index (χ2n) is 32.9. The van der Waals surface area contributed by atoms with E-state index >= 15 is 18.0 Å². The van der Waals surface area contributed by atoms with Crippen molar-refractivity contribution >= 4 is 64.8 Å². The van der Waals surface area contributed by atoms with Crippen molar-refractivity contribution in [2.75, 3.05) is 20.8 Å². The predicted octanol–water partition coefficient (Wildman–Crippen LogP) is 14.7. The first-order valence-corrected chi connectivity index (χ1v) is 44.0. The maximum absolute atomic E-state index is 16.3. The van der Waals surface area contributed by atoms with Crippen molar-refractivity contribution in [1.29, 1.82) is 0 Å². The second-order valence-corrected chi connectivity index (χ2v) is 43.5. The molecule has 5 aliphatic heterocycles. The van der Waals surface area contributed by atoms with Crippen molar-refractivity contribution in [2.24, 2.45) is 23.7 Å². The first kappa shape index (κ1) is 81.4. The first-order chi connectivity index (χ1) is 51.2. The fourth-order valence-corrected chi connectivity index (χ4v) is 28.9. The molecule has 0 aromatic heterocycles. The van der Waals surface area contributed by atoms with E-state index < -0.39 is 109 Å². The third kappa shape index (κ3) is 18.4. The predicted molar refractivity (Wildman–Crippen MR) is 424 cm³/mol. The second kappa shape index (κ2) is 35.6. The van der Waals surface area contributed by atoms with Gasteiger partial charge in [-0.3, -0.25) is 9.59 Å². The van der Waals surface area contributed by atoms with E-state index in [4.69, 9.17) is 46.7 Å². The number of carbonyl (C=O) groups is 3. The molecular weight excluding hydrogens is 1400 g/mol. The highest BCUT2D eigenvalue weighted by molar-refractivity contribution is 7.92.